The average Bonchev–Trinajstić information content (AvgIpc) is 3.12. The van der Waals surface area contributed by atoms with Gasteiger partial charge in [-0.15, -0.1) is 0 Å². The van der Waals surface area contributed by atoms with Crippen molar-refractivity contribution in [2.75, 3.05) is 26.4 Å². The molecule has 2 N–H and O–H groups in total. The number of hydrogen-bond donors (Lipinski definition) is 2. The number of nitrogens with one attached hydrogen (secondary N) is 2. The first-order valence-corrected chi connectivity index (χ1v) is 8.20. The van der Waals surface area contributed by atoms with Crippen LogP contribution in [0.3, 0.4) is 0 Å². The molecule has 1 unspecified atom stereocenters. The molecule has 0 saturated carbocycles. The van der Waals surface area contributed by atoms with E-state index in [4.69, 9.17) is 9.47 Å². The molecule has 7 nitrogen and oxygen atoms in total. The van der Waals surface area contributed by atoms with Crippen molar-refractivity contribution >= 4 is 16.7 Å². The number of fused-ring (bicyclic) bond motifs is 1. The minimum absolute atomic E-state index is 0.219. The van der Waals surface area contributed by atoms with Gasteiger partial charge in [-0.25, -0.2) is 5.10 Å². The number of carbonyl (C=O) groups excluding carboxylic acids is 1. The first kappa shape index (κ1) is 16.6. The van der Waals surface area contributed by atoms with Gasteiger partial charge in [0, 0.05) is 25.1 Å². The van der Waals surface area contributed by atoms with Crippen molar-refractivity contribution in [1.82, 2.24) is 15.5 Å². The molecule has 1 aliphatic heterocycles. The molecule has 1 aromatic heterocycles. The van der Waals surface area contributed by atoms with E-state index in [-0.39, 0.29) is 23.3 Å². The molecule has 3 rings (SSSR count). The molecule has 0 radical (unpaired) electrons. The number of rotatable bonds is 7. The summed E-state index contributed by atoms with van der Waals surface area (Å²) < 4.78 is 11.0. The summed E-state index contributed by atoms with van der Waals surface area (Å²) in [6, 6.07) is 6.92. The second-order valence-corrected chi connectivity index (χ2v) is 5.77. The number of H-pyrrole nitrogens is 1. The van der Waals surface area contributed by atoms with Gasteiger partial charge in [-0.2, -0.15) is 5.10 Å². The molecule has 1 atom stereocenters. The number of ether oxygens (including phenoxy) is 2. The maximum atomic E-state index is 12.3. The molecular weight excluding hydrogens is 310 g/mol. The molecule has 0 aliphatic carbocycles. The maximum Gasteiger partial charge on any atom is 0.272 e. The summed E-state index contributed by atoms with van der Waals surface area (Å²) in [6.07, 6.45) is 3.09. The van der Waals surface area contributed by atoms with Gasteiger partial charge in [0.1, 0.15) is 0 Å². The van der Waals surface area contributed by atoms with Crippen LogP contribution >= 0.6 is 0 Å². The molecule has 24 heavy (non-hydrogen) atoms. The Bertz CT molecular complexity index is 753. The van der Waals surface area contributed by atoms with E-state index in [0.717, 1.165) is 19.4 Å². The highest BCUT2D eigenvalue weighted by molar-refractivity contribution is 6.04. The van der Waals surface area contributed by atoms with E-state index in [1.165, 1.54) is 0 Å². The van der Waals surface area contributed by atoms with Gasteiger partial charge in [-0.05, 0) is 25.3 Å². The number of amides is 1. The highest BCUT2D eigenvalue weighted by Crippen LogP contribution is 2.13. The number of hydrogen-bond acceptors (Lipinski definition) is 5. The first-order valence-electron chi connectivity index (χ1n) is 8.20. The lowest BCUT2D eigenvalue weighted by Crippen LogP contribution is -2.28. The third-order valence-corrected chi connectivity index (χ3v) is 3.99. The molecule has 7 heteroatoms. The van der Waals surface area contributed by atoms with Crippen LogP contribution in [-0.4, -0.2) is 48.6 Å². The lowest BCUT2D eigenvalue weighted by atomic mass is 10.1. The van der Waals surface area contributed by atoms with Crippen LogP contribution in [0.1, 0.15) is 29.8 Å². The predicted molar refractivity (Wildman–Crippen MR) is 89.1 cm³/mol. The molecule has 1 fully saturated rings. The third kappa shape index (κ3) is 3.98. The largest absolute Gasteiger partial charge is 0.379 e. The van der Waals surface area contributed by atoms with E-state index in [1.54, 1.807) is 24.3 Å². The van der Waals surface area contributed by atoms with E-state index in [2.05, 4.69) is 15.5 Å². The zero-order chi connectivity index (χ0) is 16.8. The second kappa shape index (κ2) is 8.03. The summed E-state index contributed by atoms with van der Waals surface area (Å²) in [5, 5.41) is 10.0. The molecular formula is C17H21N3O4. The molecule has 1 aliphatic rings. The van der Waals surface area contributed by atoms with Gasteiger partial charge in [0.05, 0.1) is 18.1 Å². The molecule has 2 aromatic rings. The Kier molecular flexibility index (Phi) is 5.55. The van der Waals surface area contributed by atoms with E-state index < -0.39 is 0 Å². The van der Waals surface area contributed by atoms with Gasteiger partial charge >= 0.3 is 0 Å². The molecule has 1 amide bonds. The van der Waals surface area contributed by atoms with Crippen LogP contribution in [0.5, 0.6) is 0 Å². The zero-order valence-electron chi connectivity index (χ0n) is 13.4. The van der Waals surface area contributed by atoms with Crippen molar-refractivity contribution in [1.29, 1.82) is 0 Å². The first-order chi connectivity index (χ1) is 11.8. The van der Waals surface area contributed by atoms with Crippen molar-refractivity contribution in [2.45, 2.75) is 25.4 Å². The summed E-state index contributed by atoms with van der Waals surface area (Å²) in [4.78, 5) is 24.0. The topological polar surface area (TPSA) is 93.3 Å². The van der Waals surface area contributed by atoms with Gasteiger partial charge in [-0.1, -0.05) is 18.2 Å². The Morgan fingerprint density at radius 1 is 1.38 bits per heavy atom. The van der Waals surface area contributed by atoms with Crippen LogP contribution in [-0.2, 0) is 9.47 Å². The molecule has 0 spiro atoms. The molecule has 128 valence electrons. The van der Waals surface area contributed by atoms with E-state index in [0.29, 0.717) is 37.0 Å². The van der Waals surface area contributed by atoms with E-state index in [1.807, 2.05) is 0 Å². The quantitative estimate of drug-likeness (QED) is 0.745. The van der Waals surface area contributed by atoms with Crippen molar-refractivity contribution in [2.24, 2.45) is 0 Å². The highest BCUT2D eigenvalue weighted by atomic mass is 16.5. The fraction of sp³-hybridized carbons (Fsp3) is 0.471. The third-order valence-electron chi connectivity index (χ3n) is 3.99. The molecule has 1 aromatic carbocycles. The zero-order valence-corrected chi connectivity index (χ0v) is 13.4. The highest BCUT2D eigenvalue weighted by Gasteiger charge is 2.15. The van der Waals surface area contributed by atoms with Crippen LogP contribution in [0.4, 0.5) is 0 Å². The molecule has 0 bridgehead atoms. The van der Waals surface area contributed by atoms with Gasteiger partial charge in [0.2, 0.25) is 0 Å². The number of benzene rings is 1. The van der Waals surface area contributed by atoms with Gasteiger partial charge < -0.3 is 14.8 Å². The Morgan fingerprint density at radius 3 is 3.00 bits per heavy atom. The smallest absolute Gasteiger partial charge is 0.272 e. The lowest BCUT2D eigenvalue weighted by molar-refractivity contribution is 0.0166. The van der Waals surface area contributed by atoms with Crippen LogP contribution < -0.4 is 10.9 Å². The van der Waals surface area contributed by atoms with Gasteiger partial charge in [0.25, 0.3) is 11.5 Å². The average molecular weight is 331 g/mol. The van der Waals surface area contributed by atoms with Crippen LogP contribution in [0, 0.1) is 0 Å². The van der Waals surface area contributed by atoms with Gasteiger partial charge in [0.15, 0.2) is 5.69 Å². The van der Waals surface area contributed by atoms with Crippen molar-refractivity contribution in [3.63, 3.8) is 0 Å². The monoisotopic (exact) mass is 331 g/mol. The molecule has 1 saturated heterocycles. The minimum Gasteiger partial charge on any atom is -0.379 e. The second-order valence-electron chi connectivity index (χ2n) is 5.77. The van der Waals surface area contributed by atoms with Crippen molar-refractivity contribution in [3.05, 3.63) is 40.3 Å². The molecule has 2 heterocycles. The fourth-order valence-electron chi connectivity index (χ4n) is 2.74. The lowest BCUT2D eigenvalue weighted by Gasteiger charge is -2.10. The summed E-state index contributed by atoms with van der Waals surface area (Å²) in [6.45, 7) is 2.49. The fourth-order valence-corrected chi connectivity index (χ4v) is 2.74. The van der Waals surface area contributed by atoms with Crippen molar-refractivity contribution in [3.8, 4) is 0 Å². The minimum atomic E-state index is -0.304. The number of aromatic amines is 1. The Balaban J connectivity index is 1.47. The Morgan fingerprint density at radius 2 is 2.21 bits per heavy atom. The van der Waals surface area contributed by atoms with Crippen LogP contribution in [0.15, 0.2) is 29.1 Å². The maximum absolute atomic E-state index is 12.3. The summed E-state index contributed by atoms with van der Waals surface area (Å²) in [5.74, 6) is -0.304. The summed E-state index contributed by atoms with van der Waals surface area (Å²) in [5.41, 5.74) is -0.0739. The summed E-state index contributed by atoms with van der Waals surface area (Å²) >= 11 is 0. The standard InChI is InChI=1S/C17H21N3O4/c21-16-14-7-2-1-6-13(14)15(19-20-16)17(22)18-8-4-9-23-11-12-5-3-10-24-12/h1-2,6-7,12H,3-5,8-11H2,(H,18,22)(H,20,21). The Hall–Kier alpha value is -2.25. The normalized spacial score (nSPS) is 17.2. The number of aromatic nitrogens is 2. The van der Waals surface area contributed by atoms with E-state index in [9.17, 15) is 9.59 Å². The van der Waals surface area contributed by atoms with Crippen LogP contribution in [0.25, 0.3) is 10.8 Å². The number of nitrogens with zero attached hydrogens (tertiary/aromatic N) is 1. The van der Waals surface area contributed by atoms with Crippen molar-refractivity contribution < 1.29 is 14.3 Å². The predicted octanol–water partition coefficient (Wildman–Crippen LogP) is 1.24. The Labute approximate surface area is 139 Å². The number of carbonyl (C=O) groups is 1. The van der Waals surface area contributed by atoms with E-state index >= 15 is 0 Å². The van der Waals surface area contributed by atoms with Gasteiger partial charge in [-0.3, -0.25) is 9.59 Å². The van der Waals surface area contributed by atoms with Crippen LogP contribution in [0.2, 0.25) is 0 Å². The summed E-state index contributed by atoms with van der Waals surface area (Å²) in [7, 11) is 0. The SMILES string of the molecule is O=C(NCCCOCC1CCCO1)c1n[nH]c(=O)c2ccccc12.